The van der Waals surface area contributed by atoms with Crippen LogP contribution in [0.1, 0.15) is 47.8 Å². The Morgan fingerprint density at radius 1 is 0.855 bits per heavy atom. The monoisotopic (exact) mass is 727 g/mol. The van der Waals surface area contributed by atoms with Crippen LogP contribution in [0.2, 0.25) is 0 Å². The van der Waals surface area contributed by atoms with Crippen LogP contribution in [0.25, 0.3) is 55.0 Å². The molecular weight excluding hydrogens is 691 g/mol. The van der Waals surface area contributed by atoms with E-state index in [0.29, 0.717) is 12.2 Å². The van der Waals surface area contributed by atoms with Gasteiger partial charge in [0.25, 0.3) is 5.91 Å². The van der Waals surface area contributed by atoms with Gasteiger partial charge in [0.15, 0.2) is 0 Å². The molecule has 0 saturated carbocycles. The number of nitrogens with one attached hydrogen (secondary N) is 2. The molecule has 8 rings (SSSR count). The smallest absolute Gasteiger partial charge is 0.328 e. The Bertz CT molecular complexity index is 2840. The van der Waals surface area contributed by atoms with E-state index in [1.54, 1.807) is 26.3 Å². The summed E-state index contributed by atoms with van der Waals surface area (Å²) in [7, 11) is 3.63. The number of imidazole rings is 1. The predicted molar refractivity (Wildman–Crippen MR) is 215 cm³/mol. The van der Waals surface area contributed by atoms with Gasteiger partial charge < -0.3 is 5.32 Å². The minimum Gasteiger partial charge on any atom is -0.340 e. The van der Waals surface area contributed by atoms with E-state index < -0.39 is 6.03 Å². The van der Waals surface area contributed by atoms with E-state index in [-0.39, 0.29) is 42.1 Å². The molecule has 4 aromatic carbocycles. The lowest BCUT2D eigenvalue weighted by atomic mass is 9.93. The summed E-state index contributed by atoms with van der Waals surface area (Å²) in [6.07, 6.45) is 3.74. The maximum Gasteiger partial charge on any atom is 0.328 e. The van der Waals surface area contributed by atoms with Crippen molar-refractivity contribution in [3.63, 3.8) is 0 Å². The molecule has 0 unspecified atom stereocenters. The Kier molecular flexibility index (Phi) is 8.95. The minimum atomic E-state index is -0.443. The molecule has 0 spiro atoms. The second-order valence-electron chi connectivity index (χ2n) is 14.0. The number of hydrogen-bond donors (Lipinski definition) is 2. The number of nitrogens with zero attached hydrogens (tertiary/aromatic N) is 5. The van der Waals surface area contributed by atoms with Gasteiger partial charge >= 0.3 is 11.7 Å². The fourth-order valence-electron chi connectivity index (χ4n) is 7.27. The highest BCUT2D eigenvalue weighted by Crippen LogP contribution is 2.35. The SMILES string of the molecule is CC(C)c1cc(-c2cccc3cc(-c4ccc(C(=O)NCC#Cc5ccc6cccc(N7CCC(=O)NC7=O)c6c5)nc4)ncc23)cc2c1n(C)c(=O)n2C. The largest absolute Gasteiger partial charge is 0.340 e. The second kappa shape index (κ2) is 14.1. The van der Waals surface area contributed by atoms with Crippen LogP contribution in [0.15, 0.2) is 102 Å². The zero-order chi connectivity index (χ0) is 38.4. The predicted octanol–water partition coefficient (Wildman–Crippen LogP) is 6.66. The molecule has 7 aromatic rings. The molecule has 11 heteroatoms. The summed E-state index contributed by atoms with van der Waals surface area (Å²) in [5, 5.41) is 8.96. The number of amides is 4. The first-order chi connectivity index (χ1) is 26.6. The molecule has 1 aliphatic rings. The quantitative estimate of drug-likeness (QED) is 0.184. The summed E-state index contributed by atoms with van der Waals surface area (Å²) in [5.41, 5.74) is 8.14. The third kappa shape index (κ3) is 6.48. The normalized spacial score (nSPS) is 13.0. The van der Waals surface area contributed by atoms with Gasteiger partial charge in [-0.15, -0.1) is 0 Å². The van der Waals surface area contributed by atoms with Crippen molar-refractivity contribution in [1.29, 1.82) is 0 Å². The molecule has 1 aliphatic heterocycles. The van der Waals surface area contributed by atoms with Crippen molar-refractivity contribution in [2.24, 2.45) is 14.1 Å². The van der Waals surface area contributed by atoms with Gasteiger partial charge in [-0.3, -0.25) is 38.9 Å². The molecular formula is C44H37N7O4. The maximum absolute atomic E-state index is 12.9. The third-order valence-electron chi connectivity index (χ3n) is 10.2. The number of rotatable bonds is 6. The van der Waals surface area contributed by atoms with Gasteiger partial charge in [0.05, 0.1) is 29.0 Å². The van der Waals surface area contributed by atoms with Crippen molar-refractivity contribution in [2.45, 2.75) is 26.2 Å². The molecule has 272 valence electrons. The number of hydrogen-bond acceptors (Lipinski definition) is 6. The van der Waals surface area contributed by atoms with Crippen molar-refractivity contribution in [3.05, 3.63) is 125 Å². The third-order valence-corrected chi connectivity index (χ3v) is 10.2. The molecule has 0 atom stereocenters. The number of carbonyl (C=O) groups excluding carboxylic acids is 3. The minimum absolute atomic E-state index is 0.0514. The van der Waals surface area contributed by atoms with Crippen LogP contribution in [0.4, 0.5) is 10.5 Å². The Morgan fingerprint density at radius 2 is 1.67 bits per heavy atom. The molecule has 0 radical (unpaired) electrons. The number of anilines is 1. The molecule has 1 saturated heterocycles. The fraction of sp³-hybridized carbons (Fsp3) is 0.182. The highest BCUT2D eigenvalue weighted by atomic mass is 16.2. The lowest BCUT2D eigenvalue weighted by molar-refractivity contribution is -0.120. The van der Waals surface area contributed by atoms with Crippen molar-refractivity contribution in [1.82, 2.24) is 29.7 Å². The first-order valence-corrected chi connectivity index (χ1v) is 18.0. The number of imide groups is 1. The number of pyridine rings is 2. The molecule has 1 fully saturated rings. The molecule has 0 aliphatic carbocycles. The summed E-state index contributed by atoms with van der Waals surface area (Å²) in [4.78, 5) is 60.7. The Hall–Kier alpha value is -7.06. The Labute approximate surface area is 316 Å². The molecule has 11 nitrogen and oxygen atoms in total. The van der Waals surface area contributed by atoms with Crippen LogP contribution in [-0.4, -0.2) is 50.0 Å². The number of fused-ring (bicyclic) bond motifs is 3. The second-order valence-corrected chi connectivity index (χ2v) is 14.0. The summed E-state index contributed by atoms with van der Waals surface area (Å²) in [5.74, 6) is 5.68. The van der Waals surface area contributed by atoms with Gasteiger partial charge in [-0.05, 0) is 81.9 Å². The highest BCUT2D eigenvalue weighted by Gasteiger charge is 2.25. The number of aryl methyl sites for hydroxylation is 2. The Morgan fingerprint density at radius 3 is 2.45 bits per heavy atom. The summed E-state index contributed by atoms with van der Waals surface area (Å²) in [6.45, 7) is 4.69. The number of aromatic nitrogens is 4. The van der Waals surface area contributed by atoms with Gasteiger partial charge in [-0.1, -0.05) is 62.1 Å². The van der Waals surface area contributed by atoms with E-state index in [0.717, 1.165) is 66.1 Å². The number of urea groups is 1. The molecule has 0 bridgehead atoms. The van der Waals surface area contributed by atoms with Gasteiger partial charge in [0.2, 0.25) is 5.91 Å². The topological polar surface area (TPSA) is 131 Å². The van der Waals surface area contributed by atoms with Crippen LogP contribution >= 0.6 is 0 Å². The van der Waals surface area contributed by atoms with Crippen LogP contribution in [0.5, 0.6) is 0 Å². The van der Waals surface area contributed by atoms with Crippen molar-refractivity contribution < 1.29 is 14.4 Å². The lowest BCUT2D eigenvalue weighted by Gasteiger charge is -2.27. The average molecular weight is 728 g/mol. The molecule has 4 heterocycles. The van der Waals surface area contributed by atoms with Crippen LogP contribution in [0, 0.1) is 11.8 Å². The van der Waals surface area contributed by atoms with E-state index in [1.165, 1.54) is 0 Å². The van der Waals surface area contributed by atoms with Gasteiger partial charge in [0, 0.05) is 61.4 Å². The maximum atomic E-state index is 12.9. The summed E-state index contributed by atoms with van der Waals surface area (Å²) in [6, 6.07) is 26.9. The number of carbonyl (C=O) groups is 3. The zero-order valence-electron chi connectivity index (χ0n) is 30.8. The molecule has 2 N–H and O–H groups in total. The van der Waals surface area contributed by atoms with Gasteiger partial charge in [-0.25, -0.2) is 9.59 Å². The number of benzene rings is 4. The molecule has 4 amide bonds. The average Bonchev–Trinajstić information content (AvgIpc) is 3.41. The lowest BCUT2D eigenvalue weighted by Crippen LogP contribution is -2.49. The fourth-order valence-corrected chi connectivity index (χ4v) is 7.27. The molecule has 55 heavy (non-hydrogen) atoms. The zero-order valence-corrected chi connectivity index (χ0v) is 30.8. The van der Waals surface area contributed by atoms with Crippen molar-refractivity contribution in [2.75, 3.05) is 18.0 Å². The first kappa shape index (κ1) is 35.0. The van der Waals surface area contributed by atoms with Crippen LogP contribution in [0.3, 0.4) is 0 Å². The van der Waals surface area contributed by atoms with Gasteiger partial charge in [0.1, 0.15) is 5.69 Å². The van der Waals surface area contributed by atoms with E-state index in [9.17, 15) is 19.2 Å². The van der Waals surface area contributed by atoms with Gasteiger partial charge in [-0.2, -0.15) is 0 Å². The van der Waals surface area contributed by atoms with E-state index in [2.05, 4.69) is 59.5 Å². The van der Waals surface area contributed by atoms with E-state index >= 15 is 0 Å². The van der Waals surface area contributed by atoms with E-state index in [4.69, 9.17) is 4.98 Å². The van der Waals surface area contributed by atoms with Crippen molar-refractivity contribution in [3.8, 4) is 34.2 Å². The summed E-state index contributed by atoms with van der Waals surface area (Å²) >= 11 is 0. The highest BCUT2D eigenvalue weighted by molar-refractivity contribution is 6.10. The Balaban J connectivity index is 0.973. The molecule has 3 aromatic heterocycles. The van der Waals surface area contributed by atoms with Crippen LogP contribution < -0.4 is 21.2 Å². The standard InChI is InChI=1S/C44H37N7O4/c1-26(2)33-21-31(23-39-41(33)50(4)44(55)49(39)3)32-11-5-10-29-22-37(47-25-35(29)32)30-15-16-36(46-24-30)42(53)45-18-7-8-27-13-14-28-9-6-12-38(34(28)20-27)51-19-17-40(52)48-43(51)54/h5-6,9-16,20-26H,17-19H2,1-4H3,(H,45,53)(H,48,52,54). The summed E-state index contributed by atoms with van der Waals surface area (Å²) < 4.78 is 3.42. The van der Waals surface area contributed by atoms with Crippen LogP contribution in [-0.2, 0) is 18.9 Å². The first-order valence-electron chi connectivity index (χ1n) is 18.0. The van der Waals surface area contributed by atoms with Crippen molar-refractivity contribution >= 4 is 56.1 Å². The van der Waals surface area contributed by atoms with E-state index in [1.807, 2.05) is 81.0 Å².